The second-order valence-corrected chi connectivity index (χ2v) is 6.19. The summed E-state index contributed by atoms with van der Waals surface area (Å²) in [6.45, 7) is 1.44. The minimum absolute atomic E-state index is 0.375. The first-order valence-corrected chi connectivity index (χ1v) is 7.52. The van der Waals surface area contributed by atoms with E-state index < -0.39 is 5.97 Å². The van der Waals surface area contributed by atoms with Crippen LogP contribution in [-0.2, 0) is 4.74 Å². The van der Waals surface area contributed by atoms with Gasteiger partial charge in [0.1, 0.15) is 4.88 Å². The third kappa shape index (κ3) is 2.74. The van der Waals surface area contributed by atoms with Crippen molar-refractivity contribution in [3.8, 4) is 0 Å². The lowest BCUT2D eigenvalue weighted by Gasteiger charge is -2.20. The number of carboxylic acid groups (broad SMARTS) is 1. The fourth-order valence-corrected chi connectivity index (χ4v) is 3.33. The van der Waals surface area contributed by atoms with E-state index in [1.807, 2.05) is 0 Å². The molecule has 3 rings (SSSR count). The number of carboxylic acids is 1. The van der Waals surface area contributed by atoms with Gasteiger partial charge in [0.25, 0.3) is 0 Å². The topological polar surface area (TPSA) is 62.7 Å². The highest BCUT2D eigenvalue weighted by molar-refractivity contribution is 7.17. The van der Waals surface area contributed by atoms with Crippen LogP contribution in [0.2, 0.25) is 0 Å². The smallest absolute Gasteiger partial charge is 0.347 e. The van der Waals surface area contributed by atoms with E-state index in [1.165, 1.54) is 24.2 Å². The van der Waals surface area contributed by atoms with Crippen LogP contribution in [0.3, 0.4) is 0 Å². The van der Waals surface area contributed by atoms with Crippen molar-refractivity contribution in [2.45, 2.75) is 37.6 Å². The average molecular weight is 282 g/mol. The van der Waals surface area contributed by atoms with Gasteiger partial charge in [-0.05, 0) is 25.7 Å². The second-order valence-electron chi connectivity index (χ2n) is 5.21. The van der Waals surface area contributed by atoms with Gasteiger partial charge in [-0.2, -0.15) is 0 Å². The van der Waals surface area contributed by atoms with Crippen LogP contribution in [-0.4, -0.2) is 42.4 Å². The fourth-order valence-electron chi connectivity index (χ4n) is 2.24. The van der Waals surface area contributed by atoms with E-state index in [2.05, 4.69) is 9.88 Å². The van der Waals surface area contributed by atoms with Crippen LogP contribution in [0.5, 0.6) is 0 Å². The maximum absolute atomic E-state index is 11.3. The molecule has 2 aliphatic rings. The maximum atomic E-state index is 11.3. The number of nitrogens with zero attached hydrogens (tertiary/aromatic N) is 2. The zero-order chi connectivity index (χ0) is 13.4. The highest BCUT2D eigenvalue weighted by atomic mass is 32.1. The van der Waals surface area contributed by atoms with E-state index in [9.17, 15) is 9.90 Å². The summed E-state index contributed by atoms with van der Waals surface area (Å²) in [7, 11) is 1.69. The second kappa shape index (κ2) is 5.09. The van der Waals surface area contributed by atoms with Crippen LogP contribution in [0.15, 0.2) is 0 Å². The van der Waals surface area contributed by atoms with E-state index >= 15 is 0 Å². The Morgan fingerprint density at radius 2 is 2.21 bits per heavy atom. The summed E-state index contributed by atoms with van der Waals surface area (Å²) in [5.74, 6) is -0.465. The van der Waals surface area contributed by atoms with Crippen LogP contribution in [0.4, 0.5) is 5.13 Å². The Morgan fingerprint density at radius 1 is 1.47 bits per heavy atom. The zero-order valence-corrected chi connectivity index (χ0v) is 11.8. The van der Waals surface area contributed by atoms with Crippen molar-refractivity contribution >= 4 is 22.4 Å². The van der Waals surface area contributed by atoms with Gasteiger partial charge < -0.3 is 14.7 Å². The summed E-state index contributed by atoms with van der Waals surface area (Å²) in [4.78, 5) is 18.6. The highest BCUT2D eigenvalue weighted by Crippen LogP contribution is 2.45. The van der Waals surface area contributed by atoms with Gasteiger partial charge >= 0.3 is 5.97 Å². The highest BCUT2D eigenvalue weighted by Gasteiger charge is 2.36. The normalized spacial score (nSPS) is 18.6. The van der Waals surface area contributed by atoms with E-state index in [-0.39, 0.29) is 0 Å². The van der Waals surface area contributed by atoms with Crippen molar-refractivity contribution in [3.63, 3.8) is 0 Å². The average Bonchev–Trinajstić information content (AvgIpc) is 3.28. The van der Waals surface area contributed by atoms with Gasteiger partial charge in [0.05, 0.1) is 12.3 Å². The summed E-state index contributed by atoms with van der Waals surface area (Å²) >= 11 is 1.32. The molecule has 0 saturated heterocycles. The number of carbonyl (C=O) groups is 1. The lowest BCUT2D eigenvalue weighted by Crippen LogP contribution is -2.29. The molecule has 0 aliphatic heterocycles. The van der Waals surface area contributed by atoms with E-state index in [0.29, 0.717) is 23.4 Å². The molecule has 5 nitrogen and oxygen atoms in total. The Morgan fingerprint density at radius 3 is 2.74 bits per heavy atom. The number of aromatic nitrogens is 1. The summed E-state index contributed by atoms with van der Waals surface area (Å²) in [5, 5.41) is 10.2. The van der Waals surface area contributed by atoms with Gasteiger partial charge in [-0.3, -0.25) is 0 Å². The van der Waals surface area contributed by atoms with E-state index in [4.69, 9.17) is 4.74 Å². The first kappa shape index (κ1) is 12.9. The molecule has 6 heteroatoms. The quantitative estimate of drug-likeness (QED) is 0.831. The van der Waals surface area contributed by atoms with Crippen LogP contribution in [0.25, 0.3) is 0 Å². The molecule has 1 heterocycles. The number of ether oxygens (including phenoxy) is 1. The number of aromatic carboxylic acids is 1. The molecular formula is C13H18N2O3S. The number of rotatable bonds is 7. The van der Waals surface area contributed by atoms with Gasteiger partial charge in [-0.25, -0.2) is 9.78 Å². The molecule has 0 bridgehead atoms. The van der Waals surface area contributed by atoms with Gasteiger partial charge in [-0.1, -0.05) is 11.3 Å². The number of thiazole rings is 1. The Kier molecular flexibility index (Phi) is 3.45. The summed E-state index contributed by atoms with van der Waals surface area (Å²) in [5.41, 5.74) is 0.801. The molecule has 2 saturated carbocycles. The van der Waals surface area contributed by atoms with Crippen LogP contribution >= 0.6 is 11.3 Å². The van der Waals surface area contributed by atoms with Gasteiger partial charge in [-0.15, -0.1) is 0 Å². The molecule has 0 unspecified atom stereocenters. The van der Waals surface area contributed by atoms with Crippen LogP contribution in [0.1, 0.15) is 47.0 Å². The van der Waals surface area contributed by atoms with Crippen molar-refractivity contribution < 1.29 is 14.6 Å². The molecule has 19 heavy (non-hydrogen) atoms. The van der Waals surface area contributed by atoms with Crippen LogP contribution in [0, 0.1) is 0 Å². The largest absolute Gasteiger partial charge is 0.477 e. The zero-order valence-electron chi connectivity index (χ0n) is 11.0. The molecule has 104 valence electrons. The van der Waals surface area contributed by atoms with Crippen molar-refractivity contribution in [3.05, 3.63) is 10.6 Å². The van der Waals surface area contributed by atoms with Crippen molar-refractivity contribution in [2.24, 2.45) is 0 Å². The number of methoxy groups -OCH3 is 1. The van der Waals surface area contributed by atoms with Gasteiger partial charge in [0.2, 0.25) is 0 Å². The molecule has 0 amide bonds. The van der Waals surface area contributed by atoms with Gasteiger partial charge in [0.15, 0.2) is 5.13 Å². The molecule has 0 spiro atoms. The lowest BCUT2D eigenvalue weighted by molar-refractivity contribution is 0.0700. The molecule has 0 aromatic carbocycles. The molecule has 1 N–H and O–H groups in total. The molecule has 0 atom stereocenters. The SMILES string of the molecule is COCCN(c1nc(C2CC2)c(C(=O)O)s1)C1CC1. The Hall–Kier alpha value is -1.14. The summed E-state index contributed by atoms with van der Waals surface area (Å²) in [6, 6.07) is 0.523. The van der Waals surface area contributed by atoms with E-state index in [1.54, 1.807) is 7.11 Å². The number of hydrogen-bond donors (Lipinski definition) is 1. The van der Waals surface area contributed by atoms with Crippen molar-refractivity contribution in [1.82, 2.24) is 4.98 Å². The maximum Gasteiger partial charge on any atom is 0.347 e. The van der Waals surface area contributed by atoms with E-state index in [0.717, 1.165) is 30.2 Å². The van der Waals surface area contributed by atoms with Gasteiger partial charge in [0, 0.05) is 25.6 Å². The molecule has 1 aromatic heterocycles. The predicted octanol–water partition coefficient (Wildman–Crippen LogP) is 2.33. The summed E-state index contributed by atoms with van der Waals surface area (Å²) in [6.07, 6.45) is 4.49. The van der Waals surface area contributed by atoms with Crippen LogP contribution < -0.4 is 4.90 Å². The molecule has 2 aliphatic carbocycles. The number of hydrogen-bond acceptors (Lipinski definition) is 5. The Balaban J connectivity index is 1.85. The third-order valence-corrected chi connectivity index (χ3v) is 4.67. The minimum atomic E-state index is -0.840. The molecule has 0 radical (unpaired) electrons. The Bertz CT molecular complexity index is 480. The Labute approximate surface area is 116 Å². The minimum Gasteiger partial charge on any atom is -0.477 e. The molecule has 1 aromatic rings. The first-order valence-electron chi connectivity index (χ1n) is 6.70. The fraction of sp³-hybridized carbons (Fsp3) is 0.692. The summed E-state index contributed by atoms with van der Waals surface area (Å²) < 4.78 is 5.13. The monoisotopic (exact) mass is 282 g/mol. The van der Waals surface area contributed by atoms with Crippen molar-refractivity contribution in [2.75, 3.05) is 25.2 Å². The molecule has 2 fully saturated rings. The standard InChI is InChI=1S/C13H18N2O3S/c1-18-7-6-15(9-4-5-9)13-14-10(8-2-3-8)11(19-13)12(16)17/h8-9H,2-7H2,1H3,(H,16,17). The predicted molar refractivity (Wildman–Crippen MR) is 73.3 cm³/mol. The molecular weight excluding hydrogens is 264 g/mol. The van der Waals surface area contributed by atoms with Crippen molar-refractivity contribution in [1.29, 1.82) is 0 Å². The number of anilines is 1. The third-order valence-electron chi connectivity index (χ3n) is 3.57. The lowest BCUT2D eigenvalue weighted by atomic mass is 10.2. The first-order chi connectivity index (χ1) is 9.20.